The van der Waals surface area contributed by atoms with E-state index in [1.54, 1.807) is 6.92 Å². The molecule has 7 heteroatoms. The smallest absolute Gasteiger partial charge is 0.330 e. The highest BCUT2D eigenvalue weighted by Gasteiger charge is 2.24. The second kappa shape index (κ2) is 5.79. The molecule has 0 spiro atoms. The normalized spacial score (nSPS) is 15.8. The second-order valence-corrected chi connectivity index (χ2v) is 10.9. The summed E-state index contributed by atoms with van der Waals surface area (Å²) in [5.74, 6) is -0.486. The van der Waals surface area contributed by atoms with E-state index in [0.29, 0.717) is 0 Å². The molecule has 0 heterocycles. The first kappa shape index (κ1) is 14.8. The van der Waals surface area contributed by atoms with Crippen LogP contribution in [0.15, 0.2) is 0 Å². The predicted molar refractivity (Wildman–Crippen MR) is 60.5 cm³/mol. The maximum atomic E-state index is 11.6. The highest BCUT2D eigenvalue weighted by Crippen LogP contribution is 2.46. The number of rotatable bonds is 6. The van der Waals surface area contributed by atoms with E-state index in [1.807, 2.05) is 19.6 Å². The van der Waals surface area contributed by atoms with Crippen LogP contribution in [-0.2, 0) is 22.8 Å². The Hall–Kier alpha value is -0.163. The molecule has 1 atom stereocenters. The fraction of sp³-hybridized carbons (Fsp3) is 0.875. The molecule has 0 saturated heterocycles. The van der Waals surface area contributed by atoms with Crippen LogP contribution in [0.3, 0.4) is 0 Å². The molecule has 0 rings (SSSR count). The van der Waals surface area contributed by atoms with Crippen molar-refractivity contribution in [1.82, 2.24) is 0 Å². The van der Waals surface area contributed by atoms with Crippen molar-refractivity contribution >= 4 is 21.9 Å². The average Bonchev–Trinajstić information content (AvgIpc) is 2.12. The molecular weight excluding hydrogens is 235 g/mol. The summed E-state index contributed by atoms with van der Waals surface area (Å²) < 4.78 is 26.3. The number of hydrogen-bond acceptors (Lipinski definition) is 5. The van der Waals surface area contributed by atoms with Crippen LogP contribution < -0.4 is 0 Å². The van der Waals surface area contributed by atoms with Gasteiger partial charge in [-0.1, -0.05) is 6.92 Å². The average molecular weight is 254 g/mol. The summed E-state index contributed by atoms with van der Waals surface area (Å²) in [7, 11) is -3.68. The third-order valence-corrected chi connectivity index (χ3v) is 4.16. The maximum absolute atomic E-state index is 11.6. The summed E-state index contributed by atoms with van der Waals surface area (Å²) in [4.78, 5) is 11.2. The molecule has 0 amide bonds. The van der Waals surface area contributed by atoms with Crippen molar-refractivity contribution in [3.63, 3.8) is 0 Å². The Morgan fingerprint density at radius 3 is 2.20 bits per heavy atom. The molecule has 90 valence electrons. The van der Waals surface area contributed by atoms with Crippen LogP contribution in [0.25, 0.3) is 0 Å². The van der Waals surface area contributed by atoms with Crippen molar-refractivity contribution in [3.8, 4) is 0 Å². The highest BCUT2D eigenvalue weighted by atomic mass is 31.2. The minimum absolute atomic E-state index is 0.240. The standard InChI is InChI=1S/C8H19O5PSi/c1-6-14(10,11-2)12-7-8(9)13-15(3,4)5/h6-7H2,1-5H3. The molecule has 0 aromatic carbocycles. The predicted octanol–water partition coefficient (Wildman–Crippen LogP) is 2.24. The summed E-state index contributed by atoms with van der Waals surface area (Å²) in [6, 6.07) is 0. The third-order valence-electron chi connectivity index (χ3n) is 1.46. The van der Waals surface area contributed by atoms with Crippen LogP contribution in [-0.4, -0.2) is 34.2 Å². The summed E-state index contributed by atoms with van der Waals surface area (Å²) in [5.41, 5.74) is 0. The summed E-state index contributed by atoms with van der Waals surface area (Å²) in [6.07, 6.45) is 0.240. The molecule has 0 N–H and O–H groups in total. The summed E-state index contributed by atoms with van der Waals surface area (Å²) in [5, 5.41) is 0. The minimum Gasteiger partial charge on any atom is -0.518 e. The van der Waals surface area contributed by atoms with Gasteiger partial charge >= 0.3 is 13.6 Å². The lowest BCUT2D eigenvalue weighted by atomic mass is 10.8. The largest absolute Gasteiger partial charge is 0.518 e. The monoisotopic (exact) mass is 254 g/mol. The van der Waals surface area contributed by atoms with Crippen molar-refractivity contribution in [1.29, 1.82) is 0 Å². The van der Waals surface area contributed by atoms with Crippen molar-refractivity contribution in [3.05, 3.63) is 0 Å². The van der Waals surface area contributed by atoms with Gasteiger partial charge in [0.2, 0.25) is 8.32 Å². The Labute approximate surface area is 91.8 Å². The second-order valence-electron chi connectivity index (χ2n) is 3.97. The van der Waals surface area contributed by atoms with Crippen LogP contribution in [0.4, 0.5) is 0 Å². The van der Waals surface area contributed by atoms with Crippen molar-refractivity contribution in [2.75, 3.05) is 19.9 Å². The van der Waals surface area contributed by atoms with Crippen LogP contribution in [0.5, 0.6) is 0 Å². The van der Waals surface area contributed by atoms with Crippen molar-refractivity contribution in [2.24, 2.45) is 0 Å². The molecular formula is C8H19O5PSi. The van der Waals surface area contributed by atoms with E-state index in [4.69, 9.17) is 13.5 Å². The van der Waals surface area contributed by atoms with Crippen LogP contribution in [0, 0.1) is 0 Å². The van der Waals surface area contributed by atoms with E-state index in [-0.39, 0.29) is 12.8 Å². The highest BCUT2D eigenvalue weighted by molar-refractivity contribution is 7.53. The zero-order chi connectivity index (χ0) is 12.1. The Balaban J connectivity index is 4.06. The lowest BCUT2D eigenvalue weighted by Crippen LogP contribution is -2.31. The van der Waals surface area contributed by atoms with E-state index < -0.39 is 21.9 Å². The first-order chi connectivity index (χ1) is 6.72. The van der Waals surface area contributed by atoms with E-state index in [2.05, 4.69) is 0 Å². The van der Waals surface area contributed by atoms with Gasteiger partial charge in [-0.05, 0) is 19.6 Å². The van der Waals surface area contributed by atoms with Crippen molar-refractivity contribution < 1.29 is 22.8 Å². The minimum atomic E-state index is -3.09. The molecule has 0 saturated carbocycles. The SMILES string of the molecule is CCP(=O)(OC)OCC(=O)O[Si](C)(C)C. The zero-order valence-corrected chi connectivity index (χ0v) is 11.8. The quantitative estimate of drug-likeness (QED) is 0.537. The fourth-order valence-corrected chi connectivity index (χ4v) is 2.39. The first-order valence-corrected chi connectivity index (χ1v) is 9.87. The Morgan fingerprint density at radius 2 is 1.87 bits per heavy atom. The molecule has 0 aliphatic heterocycles. The number of carbonyl (C=O) groups is 1. The molecule has 1 unspecified atom stereocenters. The lowest BCUT2D eigenvalue weighted by Gasteiger charge is -2.19. The van der Waals surface area contributed by atoms with E-state index in [1.165, 1.54) is 7.11 Å². The Kier molecular flexibility index (Phi) is 5.73. The fourth-order valence-electron chi connectivity index (χ4n) is 0.795. The van der Waals surface area contributed by atoms with Crippen molar-refractivity contribution in [2.45, 2.75) is 26.6 Å². The molecule has 0 aliphatic rings. The summed E-state index contributed by atoms with van der Waals surface area (Å²) in [6.45, 7) is 7.03. The third kappa shape index (κ3) is 6.84. The van der Waals surface area contributed by atoms with Gasteiger partial charge in [0.15, 0.2) is 6.61 Å². The molecule has 0 aromatic rings. The molecule has 0 bridgehead atoms. The topological polar surface area (TPSA) is 61.8 Å². The number of hydrogen-bond donors (Lipinski definition) is 0. The van der Waals surface area contributed by atoms with Crippen LogP contribution >= 0.6 is 7.60 Å². The molecule has 0 aliphatic carbocycles. The van der Waals surface area contributed by atoms with E-state index >= 15 is 0 Å². The summed E-state index contributed by atoms with van der Waals surface area (Å²) >= 11 is 0. The maximum Gasteiger partial charge on any atom is 0.330 e. The zero-order valence-electron chi connectivity index (χ0n) is 9.90. The van der Waals surface area contributed by atoms with Gasteiger partial charge in [0.05, 0.1) is 0 Å². The van der Waals surface area contributed by atoms with Gasteiger partial charge in [-0.3, -0.25) is 13.9 Å². The Bertz CT molecular complexity index is 252. The van der Waals surface area contributed by atoms with Gasteiger partial charge in [-0.2, -0.15) is 0 Å². The van der Waals surface area contributed by atoms with Gasteiger partial charge in [-0.25, -0.2) is 0 Å². The van der Waals surface area contributed by atoms with Gasteiger partial charge in [0.1, 0.15) is 0 Å². The van der Waals surface area contributed by atoms with Gasteiger partial charge in [0.25, 0.3) is 0 Å². The Morgan fingerprint density at radius 1 is 1.33 bits per heavy atom. The van der Waals surface area contributed by atoms with Gasteiger partial charge < -0.3 is 8.95 Å². The molecule has 0 fully saturated rings. The first-order valence-electron chi connectivity index (χ1n) is 4.73. The molecule has 5 nitrogen and oxygen atoms in total. The molecule has 0 radical (unpaired) electrons. The van der Waals surface area contributed by atoms with Crippen LogP contribution in [0.2, 0.25) is 19.6 Å². The van der Waals surface area contributed by atoms with E-state index in [0.717, 1.165) is 0 Å². The molecule has 15 heavy (non-hydrogen) atoms. The van der Waals surface area contributed by atoms with Crippen LogP contribution in [0.1, 0.15) is 6.92 Å². The van der Waals surface area contributed by atoms with Gasteiger partial charge in [-0.15, -0.1) is 0 Å². The van der Waals surface area contributed by atoms with Gasteiger partial charge in [0, 0.05) is 13.3 Å². The number of carbonyl (C=O) groups excluding carboxylic acids is 1. The lowest BCUT2D eigenvalue weighted by molar-refractivity contribution is -0.137. The van der Waals surface area contributed by atoms with E-state index in [9.17, 15) is 9.36 Å². The molecule has 0 aromatic heterocycles.